The molecule has 28 heavy (non-hydrogen) atoms. The molecule has 6 nitrogen and oxygen atoms in total. The van der Waals surface area contributed by atoms with Crippen molar-refractivity contribution in [3.05, 3.63) is 64.4 Å². The van der Waals surface area contributed by atoms with Crippen LogP contribution in [-0.4, -0.2) is 31.7 Å². The Bertz CT molecular complexity index is 1130. The number of thiazole rings is 1. The third kappa shape index (κ3) is 3.80. The van der Waals surface area contributed by atoms with Gasteiger partial charge in [-0.2, -0.15) is 5.10 Å². The smallest absolute Gasteiger partial charge is 0.340 e. The first-order valence-corrected chi connectivity index (χ1v) is 9.83. The van der Waals surface area contributed by atoms with Crippen molar-refractivity contribution in [1.82, 2.24) is 20.2 Å². The number of H-pyrrole nitrogens is 1. The van der Waals surface area contributed by atoms with Crippen LogP contribution in [0.1, 0.15) is 41.8 Å². The Balaban J connectivity index is 1.75. The number of carbonyl (C=O) groups excluding carboxylic acids is 1. The van der Waals surface area contributed by atoms with Gasteiger partial charge in [-0.25, -0.2) is 9.78 Å². The number of hydrogen-bond acceptors (Lipinski definition) is 6. The second-order valence-corrected chi connectivity index (χ2v) is 8.42. The van der Waals surface area contributed by atoms with Crippen molar-refractivity contribution in [2.45, 2.75) is 32.8 Å². The van der Waals surface area contributed by atoms with Gasteiger partial charge in [0.15, 0.2) is 0 Å². The number of esters is 1. The first-order chi connectivity index (χ1) is 13.4. The predicted octanol–water partition coefficient (Wildman–Crippen LogP) is 4.63. The van der Waals surface area contributed by atoms with Crippen LogP contribution in [0.15, 0.2) is 48.1 Å². The Morgan fingerprint density at radius 2 is 2.04 bits per heavy atom. The maximum Gasteiger partial charge on any atom is 0.340 e. The summed E-state index contributed by atoms with van der Waals surface area (Å²) in [6.45, 7) is 5.55. The Morgan fingerprint density at radius 3 is 2.79 bits per heavy atom. The van der Waals surface area contributed by atoms with Gasteiger partial charge in [-0.3, -0.25) is 10.1 Å². The summed E-state index contributed by atoms with van der Waals surface area (Å²) < 4.78 is 5.55. The molecule has 0 fully saturated rings. The van der Waals surface area contributed by atoms with Crippen LogP contribution in [0.3, 0.4) is 0 Å². The minimum Gasteiger partial charge on any atom is -0.456 e. The zero-order valence-corrected chi connectivity index (χ0v) is 16.7. The van der Waals surface area contributed by atoms with Gasteiger partial charge in [-0.05, 0) is 45.0 Å². The summed E-state index contributed by atoms with van der Waals surface area (Å²) in [4.78, 5) is 21.5. The van der Waals surface area contributed by atoms with Gasteiger partial charge >= 0.3 is 5.97 Å². The molecule has 0 amide bonds. The summed E-state index contributed by atoms with van der Waals surface area (Å²) in [5, 5.41) is 11.5. The van der Waals surface area contributed by atoms with Crippen molar-refractivity contribution < 1.29 is 9.53 Å². The first kappa shape index (κ1) is 18.3. The molecule has 7 heteroatoms. The minimum atomic E-state index is -0.570. The molecule has 0 spiro atoms. The van der Waals surface area contributed by atoms with E-state index in [9.17, 15) is 4.79 Å². The Morgan fingerprint density at radius 1 is 1.18 bits per heavy atom. The van der Waals surface area contributed by atoms with Gasteiger partial charge in [0.05, 0.1) is 21.8 Å². The molecule has 1 N–H and O–H groups in total. The van der Waals surface area contributed by atoms with Gasteiger partial charge in [-0.15, -0.1) is 11.3 Å². The van der Waals surface area contributed by atoms with Gasteiger partial charge in [0.1, 0.15) is 5.60 Å². The molecular weight excluding hydrogens is 372 g/mol. The quantitative estimate of drug-likeness (QED) is 0.512. The predicted molar refractivity (Wildman–Crippen MR) is 109 cm³/mol. The first-order valence-electron chi connectivity index (χ1n) is 8.95. The fourth-order valence-electron chi connectivity index (χ4n) is 2.97. The summed E-state index contributed by atoms with van der Waals surface area (Å²) >= 11 is 1.61. The lowest BCUT2D eigenvalue weighted by Gasteiger charge is -2.20. The second-order valence-electron chi connectivity index (χ2n) is 7.44. The number of benzene rings is 1. The van der Waals surface area contributed by atoms with Gasteiger partial charge in [0.2, 0.25) is 0 Å². The van der Waals surface area contributed by atoms with Gasteiger partial charge in [0.25, 0.3) is 0 Å². The fraction of sp³-hybridized carbons (Fsp3) is 0.238. The second kappa shape index (κ2) is 7.16. The van der Waals surface area contributed by atoms with Gasteiger partial charge in [0, 0.05) is 40.8 Å². The lowest BCUT2D eigenvalue weighted by molar-refractivity contribution is 0.00701. The largest absolute Gasteiger partial charge is 0.456 e. The fourth-order valence-corrected chi connectivity index (χ4v) is 3.60. The van der Waals surface area contributed by atoms with E-state index in [4.69, 9.17) is 4.74 Å². The average Bonchev–Trinajstić information content (AvgIpc) is 3.30. The monoisotopic (exact) mass is 392 g/mol. The summed E-state index contributed by atoms with van der Waals surface area (Å²) in [6.07, 6.45) is 4.16. The molecule has 0 unspecified atom stereocenters. The third-order valence-corrected chi connectivity index (χ3v) is 4.92. The zero-order chi connectivity index (χ0) is 19.7. The van der Waals surface area contributed by atoms with Crippen LogP contribution >= 0.6 is 11.3 Å². The number of carbonyl (C=O) groups is 1. The van der Waals surface area contributed by atoms with Crippen LogP contribution < -0.4 is 0 Å². The molecule has 0 saturated heterocycles. The maximum atomic E-state index is 12.7. The lowest BCUT2D eigenvalue weighted by atomic mass is 10.0. The van der Waals surface area contributed by atoms with Crippen LogP contribution in [0.2, 0.25) is 0 Å². The Hall–Kier alpha value is -3.06. The van der Waals surface area contributed by atoms with E-state index < -0.39 is 5.60 Å². The standard InChI is InChI=1S/C21H20N4O2S/c1-21(2,3)27-20(26)14-5-4-8-23-19(14)13-6-7-16-15(11-13)17(25-24-16)12-18-22-9-10-28-18/h4-11H,12H2,1-3H3,(H,24,25). The van der Waals surface area contributed by atoms with Crippen molar-refractivity contribution in [3.63, 3.8) is 0 Å². The topological polar surface area (TPSA) is 80.8 Å². The number of fused-ring (bicyclic) bond motifs is 1. The highest BCUT2D eigenvalue weighted by Gasteiger charge is 2.22. The summed E-state index contributed by atoms with van der Waals surface area (Å²) in [7, 11) is 0. The van der Waals surface area contributed by atoms with E-state index in [2.05, 4.69) is 20.2 Å². The van der Waals surface area contributed by atoms with E-state index in [1.807, 2.05) is 44.4 Å². The highest BCUT2D eigenvalue weighted by atomic mass is 32.1. The highest BCUT2D eigenvalue weighted by Crippen LogP contribution is 2.28. The van der Waals surface area contributed by atoms with Crippen LogP contribution in [0, 0.1) is 0 Å². The molecule has 0 aliphatic carbocycles. The average molecular weight is 392 g/mol. The van der Waals surface area contributed by atoms with Gasteiger partial charge in [-0.1, -0.05) is 6.07 Å². The molecule has 3 heterocycles. The lowest BCUT2D eigenvalue weighted by Crippen LogP contribution is -2.24. The van der Waals surface area contributed by atoms with E-state index in [0.29, 0.717) is 17.7 Å². The summed E-state index contributed by atoms with van der Waals surface area (Å²) in [5.74, 6) is -0.383. The summed E-state index contributed by atoms with van der Waals surface area (Å²) in [6, 6.07) is 9.35. The zero-order valence-electron chi connectivity index (χ0n) is 15.9. The highest BCUT2D eigenvalue weighted by molar-refractivity contribution is 7.09. The van der Waals surface area contributed by atoms with E-state index in [-0.39, 0.29) is 5.97 Å². The van der Waals surface area contributed by atoms with E-state index in [1.165, 1.54) is 0 Å². The molecule has 3 aromatic heterocycles. The molecule has 0 aliphatic rings. The van der Waals surface area contributed by atoms with Crippen molar-refractivity contribution in [2.75, 3.05) is 0 Å². The minimum absolute atomic E-state index is 0.383. The van der Waals surface area contributed by atoms with Crippen molar-refractivity contribution in [1.29, 1.82) is 0 Å². The molecule has 4 rings (SSSR count). The van der Waals surface area contributed by atoms with Crippen molar-refractivity contribution in [3.8, 4) is 11.3 Å². The van der Waals surface area contributed by atoms with E-state index >= 15 is 0 Å². The number of hydrogen-bond donors (Lipinski definition) is 1. The molecule has 4 aromatic rings. The van der Waals surface area contributed by atoms with Crippen LogP contribution in [0.25, 0.3) is 22.2 Å². The number of nitrogens with one attached hydrogen (secondary N) is 1. The molecule has 0 saturated carbocycles. The molecule has 0 bridgehead atoms. The summed E-state index contributed by atoms with van der Waals surface area (Å²) in [5.41, 5.74) is 3.17. The molecular formula is C21H20N4O2S. The SMILES string of the molecule is CC(C)(C)OC(=O)c1cccnc1-c1ccc2n[nH]c(Cc3nccs3)c2c1. The number of rotatable bonds is 4. The third-order valence-electron chi connectivity index (χ3n) is 4.14. The number of aromatic amines is 1. The van der Waals surface area contributed by atoms with Crippen molar-refractivity contribution in [2.24, 2.45) is 0 Å². The van der Waals surface area contributed by atoms with Crippen LogP contribution in [0.5, 0.6) is 0 Å². The molecule has 0 aliphatic heterocycles. The molecule has 1 aromatic carbocycles. The number of pyridine rings is 1. The molecule has 0 radical (unpaired) electrons. The van der Waals surface area contributed by atoms with Crippen LogP contribution in [-0.2, 0) is 11.2 Å². The number of aromatic nitrogens is 4. The molecule has 142 valence electrons. The molecule has 0 atom stereocenters. The number of ether oxygens (including phenoxy) is 1. The van der Waals surface area contributed by atoms with Crippen molar-refractivity contribution >= 4 is 28.2 Å². The van der Waals surface area contributed by atoms with E-state index in [1.54, 1.807) is 35.9 Å². The van der Waals surface area contributed by atoms with Crippen LogP contribution in [0.4, 0.5) is 0 Å². The normalized spacial score (nSPS) is 11.7. The van der Waals surface area contributed by atoms with E-state index in [0.717, 1.165) is 27.2 Å². The van der Waals surface area contributed by atoms with Gasteiger partial charge < -0.3 is 4.74 Å². The number of nitrogens with zero attached hydrogens (tertiary/aromatic N) is 3. The Kier molecular flexibility index (Phi) is 4.68. The maximum absolute atomic E-state index is 12.7. The Labute approximate surface area is 166 Å².